The third kappa shape index (κ3) is 1.38. The molecule has 4 nitrogen and oxygen atoms in total. The molecule has 6 rings (SSSR count). The Bertz CT molecular complexity index is 814. The Hall–Kier alpha value is -1.68. The normalized spacial score (nSPS) is 42.4. The van der Waals surface area contributed by atoms with E-state index < -0.39 is 17.6 Å². The molecule has 2 bridgehead atoms. The number of esters is 1. The summed E-state index contributed by atoms with van der Waals surface area (Å²) in [5.74, 6) is 0.0405. The fourth-order valence-electron chi connectivity index (χ4n) is 6.03. The van der Waals surface area contributed by atoms with Gasteiger partial charge in [0.2, 0.25) is 0 Å². The van der Waals surface area contributed by atoms with E-state index in [4.69, 9.17) is 4.74 Å². The van der Waals surface area contributed by atoms with Crippen LogP contribution in [0.4, 0.5) is 0 Å². The van der Waals surface area contributed by atoms with Crippen molar-refractivity contribution in [2.45, 2.75) is 51.2 Å². The third-order valence-corrected chi connectivity index (χ3v) is 7.07. The van der Waals surface area contributed by atoms with Gasteiger partial charge < -0.3 is 9.84 Å². The van der Waals surface area contributed by atoms with Gasteiger partial charge in [0.15, 0.2) is 5.43 Å². The van der Waals surface area contributed by atoms with Crippen LogP contribution < -0.4 is 5.43 Å². The second-order valence-corrected chi connectivity index (χ2v) is 7.83. The molecule has 0 radical (unpaired) electrons. The van der Waals surface area contributed by atoms with Crippen LogP contribution >= 0.6 is 0 Å². The summed E-state index contributed by atoms with van der Waals surface area (Å²) in [7, 11) is 0. The zero-order valence-corrected chi connectivity index (χ0v) is 13.3. The van der Waals surface area contributed by atoms with Crippen molar-refractivity contribution in [2.24, 2.45) is 17.3 Å². The van der Waals surface area contributed by atoms with Gasteiger partial charge >= 0.3 is 5.97 Å². The molecule has 23 heavy (non-hydrogen) atoms. The first-order chi connectivity index (χ1) is 10.9. The first kappa shape index (κ1) is 13.7. The van der Waals surface area contributed by atoms with E-state index in [-0.39, 0.29) is 29.2 Å². The Morgan fingerprint density at radius 3 is 2.87 bits per heavy atom. The van der Waals surface area contributed by atoms with E-state index in [9.17, 15) is 14.7 Å². The maximum atomic E-state index is 12.8. The van der Waals surface area contributed by atoms with E-state index in [1.807, 2.05) is 13.8 Å². The van der Waals surface area contributed by atoms with Gasteiger partial charge in [0, 0.05) is 17.8 Å². The van der Waals surface area contributed by atoms with Crippen molar-refractivity contribution in [3.63, 3.8) is 0 Å². The quantitative estimate of drug-likeness (QED) is 0.737. The zero-order valence-electron chi connectivity index (χ0n) is 13.3. The number of hydrogen-bond donors (Lipinski definition) is 1. The molecule has 3 unspecified atom stereocenters. The minimum Gasteiger partial charge on any atom is -0.459 e. The third-order valence-electron chi connectivity index (χ3n) is 7.07. The van der Waals surface area contributed by atoms with Crippen molar-refractivity contribution < 1.29 is 14.6 Å². The Balaban J connectivity index is 1.85. The van der Waals surface area contributed by atoms with Crippen LogP contribution in [0.1, 0.15) is 41.5 Å². The highest BCUT2D eigenvalue weighted by Crippen LogP contribution is 2.66. The number of aliphatic hydroxyl groups excluding tert-OH is 1. The largest absolute Gasteiger partial charge is 0.459 e. The van der Waals surface area contributed by atoms with E-state index in [1.54, 1.807) is 12.1 Å². The summed E-state index contributed by atoms with van der Waals surface area (Å²) in [6.07, 6.45) is 1.21. The maximum absolute atomic E-state index is 12.8. The van der Waals surface area contributed by atoms with Crippen LogP contribution in [0, 0.1) is 24.2 Å². The lowest BCUT2D eigenvalue weighted by molar-refractivity contribution is -0.236. The van der Waals surface area contributed by atoms with Gasteiger partial charge in [-0.05, 0) is 60.6 Å². The van der Waals surface area contributed by atoms with Gasteiger partial charge in [0.25, 0.3) is 0 Å². The van der Waals surface area contributed by atoms with Crippen molar-refractivity contribution in [3.8, 4) is 0 Å². The number of carbonyl (C=O) groups is 1. The summed E-state index contributed by atoms with van der Waals surface area (Å²) in [6, 6.07) is 3.47. The molecule has 0 amide bonds. The molecule has 3 aliphatic carbocycles. The molecule has 0 aromatic heterocycles. The van der Waals surface area contributed by atoms with Gasteiger partial charge in [-0.3, -0.25) is 9.59 Å². The smallest absolute Gasteiger partial charge is 0.313 e. The lowest BCUT2D eigenvalue weighted by Gasteiger charge is -2.59. The minimum atomic E-state index is -0.610. The second kappa shape index (κ2) is 4.04. The molecule has 1 aromatic carbocycles. The molecule has 1 N–H and O–H groups in total. The number of fused-ring (bicyclic) bond motifs is 2. The summed E-state index contributed by atoms with van der Waals surface area (Å²) in [5.41, 5.74) is 4.00. The van der Waals surface area contributed by atoms with E-state index in [1.165, 1.54) is 11.1 Å². The average Bonchev–Trinajstić information content (AvgIpc) is 2.86. The van der Waals surface area contributed by atoms with Gasteiger partial charge in [0.1, 0.15) is 6.10 Å². The molecule has 4 heteroatoms. The van der Waals surface area contributed by atoms with Crippen molar-refractivity contribution in [1.29, 1.82) is 0 Å². The fraction of sp³-hybridized carbons (Fsp3) is 0.579. The van der Waals surface area contributed by atoms with E-state index in [0.717, 1.165) is 17.5 Å². The number of aryl methyl sites for hydroxylation is 2. The lowest BCUT2D eigenvalue weighted by atomic mass is 9.49. The topological polar surface area (TPSA) is 63.6 Å². The fourth-order valence-corrected chi connectivity index (χ4v) is 6.03. The standard InChI is InChI=1S/C19H20O4/c1-8-5-11(20)6-10-3-4-19-9(2)16(21)17(23-18(19)22)13-7-12(8)14(10)15(13)19/h5-6,9,13,15-17,21H,3-4,7H2,1-2H3/t9?,13-,15?,16?,17-,19+/m0/s1. The molecule has 2 aliphatic heterocycles. The van der Waals surface area contributed by atoms with Gasteiger partial charge in [-0.1, -0.05) is 6.92 Å². The number of hydrogen-bond acceptors (Lipinski definition) is 4. The van der Waals surface area contributed by atoms with Crippen LogP contribution in [0.25, 0.3) is 0 Å². The molecule has 5 aliphatic rings. The molecule has 2 saturated heterocycles. The molecule has 1 aromatic rings. The molecule has 3 fully saturated rings. The van der Waals surface area contributed by atoms with E-state index >= 15 is 0 Å². The van der Waals surface area contributed by atoms with Crippen LogP contribution in [0.3, 0.4) is 0 Å². The zero-order chi connectivity index (χ0) is 16.1. The molecule has 1 saturated carbocycles. The van der Waals surface area contributed by atoms with Gasteiger partial charge in [-0.2, -0.15) is 0 Å². The second-order valence-electron chi connectivity index (χ2n) is 7.83. The Kier molecular flexibility index (Phi) is 2.41. The van der Waals surface area contributed by atoms with Gasteiger partial charge in [0.05, 0.1) is 11.5 Å². The lowest BCUT2D eigenvalue weighted by Crippen LogP contribution is -2.67. The Labute approximate surface area is 134 Å². The molecule has 2 heterocycles. The molecular weight excluding hydrogens is 292 g/mol. The van der Waals surface area contributed by atoms with Crippen molar-refractivity contribution in [3.05, 3.63) is 44.6 Å². The number of ether oxygens (including phenoxy) is 1. The molecule has 1 spiro atoms. The monoisotopic (exact) mass is 312 g/mol. The summed E-state index contributed by atoms with van der Waals surface area (Å²) < 4.78 is 5.67. The maximum Gasteiger partial charge on any atom is 0.313 e. The first-order valence-electron chi connectivity index (χ1n) is 8.51. The van der Waals surface area contributed by atoms with Gasteiger partial charge in [-0.15, -0.1) is 0 Å². The average molecular weight is 312 g/mol. The number of aliphatic hydroxyl groups is 1. The van der Waals surface area contributed by atoms with Gasteiger partial charge in [-0.25, -0.2) is 0 Å². The Morgan fingerprint density at radius 1 is 1.30 bits per heavy atom. The SMILES string of the molecule is Cc1cc(=O)cc2c3c1C[C@H]1C3[C@]3(CC2)C(=O)O[C@@H]1C(O)C3C. The van der Waals surface area contributed by atoms with Crippen molar-refractivity contribution in [1.82, 2.24) is 0 Å². The van der Waals surface area contributed by atoms with Crippen molar-refractivity contribution in [2.75, 3.05) is 0 Å². The Morgan fingerprint density at radius 2 is 2.09 bits per heavy atom. The summed E-state index contributed by atoms with van der Waals surface area (Å²) in [4.78, 5) is 24.9. The summed E-state index contributed by atoms with van der Waals surface area (Å²) in [6.45, 7) is 3.98. The number of rotatable bonds is 0. The highest BCUT2D eigenvalue weighted by molar-refractivity contribution is 5.83. The van der Waals surface area contributed by atoms with Crippen LogP contribution in [-0.2, 0) is 22.4 Å². The molecule has 6 atom stereocenters. The van der Waals surface area contributed by atoms with Crippen LogP contribution in [0.5, 0.6) is 0 Å². The predicted molar refractivity (Wildman–Crippen MR) is 83.2 cm³/mol. The molecular formula is C19H20O4. The molecule has 120 valence electrons. The van der Waals surface area contributed by atoms with Crippen LogP contribution in [-0.4, -0.2) is 23.3 Å². The first-order valence-corrected chi connectivity index (χ1v) is 8.51. The predicted octanol–water partition coefficient (Wildman–Crippen LogP) is 1.48. The summed E-state index contributed by atoms with van der Waals surface area (Å²) in [5, 5.41) is 10.7. The van der Waals surface area contributed by atoms with Crippen molar-refractivity contribution >= 4 is 5.97 Å². The highest BCUT2D eigenvalue weighted by Gasteiger charge is 2.70. The number of carbonyl (C=O) groups excluding carboxylic acids is 1. The minimum absolute atomic E-state index is 0.0519. The summed E-state index contributed by atoms with van der Waals surface area (Å²) >= 11 is 0. The van der Waals surface area contributed by atoms with Crippen LogP contribution in [0.2, 0.25) is 0 Å². The van der Waals surface area contributed by atoms with E-state index in [2.05, 4.69) is 0 Å². The van der Waals surface area contributed by atoms with Crippen LogP contribution in [0.15, 0.2) is 16.9 Å². The van der Waals surface area contributed by atoms with E-state index in [0.29, 0.717) is 12.8 Å². The highest BCUT2D eigenvalue weighted by atomic mass is 16.6.